The number of carbonyl (C=O) groups is 1. The minimum atomic E-state index is -4.46. The molecule has 10 nitrogen and oxygen atoms in total. The van der Waals surface area contributed by atoms with E-state index in [-0.39, 0.29) is 54.0 Å². The van der Waals surface area contributed by atoms with Gasteiger partial charge in [-0.1, -0.05) is 42.0 Å². The van der Waals surface area contributed by atoms with Gasteiger partial charge in [0, 0.05) is 38.4 Å². The lowest BCUT2D eigenvalue weighted by molar-refractivity contribution is -0.131. The first-order valence-corrected chi connectivity index (χ1v) is 12.9. The minimum Gasteiger partial charge on any atom is -0.489 e. The van der Waals surface area contributed by atoms with Crippen LogP contribution in [0.4, 0.5) is 5.69 Å². The predicted octanol–water partition coefficient (Wildman–Crippen LogP) is 4.25. The first-order chi connectivity index (χ1) is 17.1. The van der Waals surface area contributed by atoms with E-state index >= 15 is 0 Å². The molecule has 0 amide bonds. The molecule has 0 aromatic heterocycles. The maximum absolute atomic E-state index is 12.8. The average molecular weight is 607 g/mol. The van der Waals surface area contributed by atoms with Crippen LogP contribution in [0.25, 0.3) is 6.08 Å². The highest BCUT2D eigenvalue weighted by Crippen LogP contribution is 2.32. The molecule has 14 heteroatoms. The molecular weight excluding hydrogens is 577 g/mol. The highest BCUT2D eigenvalue weighted by molar-refractivity contribution is 7.88. The number of nitrogens with zero attached hydrogens (tertiary/aromatic N) is 2. The minimum absolute atomic E-state index is 0. The Morgan fingerprint density at radius 1 is 1.21 bits per heavy atom. The molecule has 2 aromatic carbocycles. The van der Waals surface area contributed by atoms with Crippen molar-refractivity contribution >= 4 is 76.6 Å². The van der Waals surface area contributed by atoms with Crippen molar-refractivity contribution in [1.29, 1.82) is 10.8 Å². The van der Waals surface area contributed by atoms with Crippen LogP contribution in [0.15, 0.2) is 48.5 Å². The Morgan fingerprint density at radius 2 is 1.89 bits per heavy atom. The van der Waals surface area contributed by atoms with Crippen LogP contribution in [0.5, 0.6) is 5.75 Å². The van der Waals surface area contributed by atoms with Crippen LogP contribution in [0.1, 0.15) is 30.9 Å². The van der Waals surface area contributed by atoms with Gasteiger partial charge in [0.05, 0.1) is 23.6 Å². The highest BCUT2D eigenvalue weighted by Gasteiger charge is 2.26. The van der Waals surface area contributed by atoms with Crippen molar-refractivity contribution in [2.45, 2.75) is 25.9 Å². The number of nitrogens with two attached hydrogens (primary N) is 1. The molecule has 0 aliphatic carbocycles. The van der Waals surface area contributed by atoms with Crippen molar-refractivity contribution in [3.8, 4) is 5.75 Å². The monoisotopic (exact) mass is 605 g/mol. The van der Waals surface area contributed by atoms with Crippen LogP contribution in [-0.4, -0.2) is 57.2 Å². The van der Waals surface area contributed by atoms with Crippen molar-refractivity contribution in [3.05, 3.63) is 64.7 Å². The number of rotatable bonds is 10. The van der Waals surface area contributed by atoms with Gasteiger partial charge >= 0.3 is 16.3 Å². The molecule has 1 aliphatic rings. The molecule has 208 valence electrons. The first kappa shape index (κ1) is 33.0. The van der Waals surface area contributed by atoms with Gasteiger partial charge < -0.3 is 19.6 Å². The van der Waals surface area contributed by atoms with Gasteiger partial charge in [0.15, 0.2) is 0 Å². The third-order valence-electron chi connectivity index (χ3n) is 5.43. The number of ether oxygens (including phenoxy) is 1. The zero-order valence-corrected chi connectivity index (χ0v) is 23.7. The van der Waals surface area contributed by atoms with Crippen LogP contribution in [-0.2, 0) is 19.3 Å². The zero-order chi connectivity index (χ0) is 26.3. The predicted molar refractivity (Wildman–Crippen MR) is 154 cm³/mol. The standard InChI is InChI=1S/C24H28ClN5O5S.2ClH/c1-17(31)35-36(32,33)30(11-3-5-18-4-2-6-19(14-18)24(27)28)20-7-8-23(22(25)15-20)34-21-9-12-29(16-26)13-10-21;;/h2-8,14-16,21,26H,9-13H2,1H3,(H3,27,28);2*1H/b5-3+,26-16?;;. The quantitative estimate of drug-likeness (QED) is 0.270. The van der Waals surface area contributed by atoms with Crippen molar-refractivity contribution in [2.24, 2.45) is 5.73 Å². The summed E-state index contributed by atoms with van der Waals surface area (Å²) in [5, 5.41) is 15.1. The van der Waals surface area contributed by atoms with E-state index in [2.05, 4.69) is 4.18 Å². The second-order valence-corrected chi connectivity index (χ2v) is 9.97. The van der Waals surface area contributed by atoms with Crippen LogP contribution >= 0.6 is 36.4 Å². The summed E-state index contributed by atoms with van der Waals surface area (Å²) in [5.74, 6) is -0.642. The lowest BCUT2D eigenvalue weighted by atomic mass is 10.1. The molecule has 3 rings (SSSR count). The molecule has 0 radical (unpaired) electrons. The van der Waals surface area contributed by atoms with E-state index in [1.165, 1.54) is 18.5 Å². The molecule has 1 saturated heterocycles. The number of anilines is 1. The molecule has 1 fully saturated rings. The topological polar surface area (TPSA) is 150 Å². The molecule has 1 aliphatic heterocycles. The van der Waals surface area contributed by atoms with Gasteiger partial charge in [0.25, 0.3) is 0 Å². The Kier molecular flexibility index (Phi) is 12.9. The van der Waals surface area contributed by atoms with Gasteiger partial charge in [0.2, 0.25) is 0 Å². The summed E-state index contributed by atoms with van der Waals surface area (Å²) in [6, 6.07) is 11.4. The number of hydrogen-bond donors (Lipinski definition) is 3. The Labute approximate surface area is 239 Å². The number of piperidine rings is 1. The second-order valence-electron chi connectivity index (χ2n) is 8.10. The highest BCUT2D eigenvalue weighted by atomic mass is 35.5. The molecule has 38 heavy (non-hydrogen) atoms. The summed E-state index contributed by atoms with van der Waals surface area (Å²) in [4.78, 5) is 13.3. The smallest absolute Gasteiger partial charge is 0.412 e. The Bertz CT molecular complexity index is 1270. The van der Waals surface area contributed by atoms with E-state index in [4.69, 9.17) is 32.9 Å². The van der Waals surface area contributed by atoms with Crippen molar-refractivity contribution < 1.29 is 22.1 Å². The fraction of sp³-hybridized carbons (Fsp3) is 0.292. The van der Waals surface area contributed by atoms with E-state index in [1.807, 2.05) is 4.90 Å². The molecule has 1 heterocycles. The van der Waals surface area contributed by atoms with Crippen molar-refractivity contribution in [3.63, 3.8) is 0 Å². The fourth-order valence-electron chi connectivity index (χ4n) is 3.66. The Hall–Kier alpha value is -2.99. The van der Waals surface area contributed by atoms with Crippen molar-refractivity contribution in [1.82, 2.24) is 4.90 Å². The van der Waals surface area contributed by atoms with E-state index < -0.39 is 16.3 Å². The van der Waals surface area contributed by atoms with E-state index in [9.17, 15) is 13.2 Å². The summed E-state index contributed by atoms with van der Waals surface area (Å²) in [5.41, 5.74) is 6.96. The molecule has 0 atom stereocenters. The van der Waals surface area contributed by atoms with Crippen LogP contribution in [0, 0.1) is 10.8 Å². The third kappa shape index (κ3) is 9.09. The number of amidine groups is 1. The number of nitrogen functional groups attached to an aromatic ring is 1. The van der Waals surface area contributed by atoms with Crippen LogP contribution < -0.4 is 14.8 Å². The largest absolute Gasteiger partial charge is 0.489 e. The molecule has 0 unspecified atom stereocenters. The first-order valence-electron chi connectivity index (χ1n) is 11.1. The Morgan fingerprint density at radius 3 is 2.47 bits per heavy atom. The normalized spacial score (nSPS) is 13.7. The lowest BCUT2D eigenvalue weighted by Crippen LogP contribution is -2.37. The summed E-state index contributed by atoms with van der Waals surface area (Å²) in [6.45, 7) is 2.27. The summed E-state index contributed by atoms with van der Waals surface area (Å²) < 4.78 is 37.1. The van der Waals surface area contributed by atoms with Gasteiger partial charge in [-0.2, -0.15) is 8.42 Å². The summed E-state index contributed by atoms with van der Waals surface area (Å²) in [7, 11) is -4.46. The summed E-state index contributed by atoms with van der Waals surface area (Å²) >= 11 is 6.43. The lowest BCUT2D eigenvalue weighted by Gasteiger charge is -2.30. The van der Waals surface area contributed by atoms with Crippen LogP contribution in [0.3, 0.4) is 0 Å². The molecule has 0 spiro atoms. The Balaban J connectivity index is 0.00000361. The number of hydrogen-bond acceptors (Lipinski definition) is 7. The van der Waals surface area contributed by atoms with E-state index in [0.717, 1.165) is 24.1 Å². The van der Waals surface area contributed by atoms with Gasteiger partial charge in [-0.25, -0.2) is 4.31 Å². The number of nitrogens with one attached hydrogen (secondary N) is 2. The SMILES string of the molecule is CC(=O)OS(=O)(=O)N(C/C=C/c1cccc(C(=N)N)c1)c1ccc(OC2CCN(C=N)CC2)c(Cl)c1.Cl.Cl. The molecule has 2 aromatic rings. The zero-order valence-electron chi connectivity index (χ0n) is 20.5. The number of halogens is 3. The van der Waals surface area contributed by atoms with Crippen LogP contribution in [0.2, 0.25) is 5.02 Å². The fourth-order valence-corrected chi connectivity index (χ4v) is 4.90. The third-order valence-corrected chi connectivity index (χ3v) is 7.07. The maximum Gasteiger partial charge on any atom is 0.412 e. The van der Waals surface area contributed by atoms with Gasteiger partial charge in [-0.15, -0.1) is 24.8 Å². The van der Waals surface area contributed by atoms with Crippen molar-refractivity contribution in [2.75, 3.05) is 23.9 Å². The number of carbonyl (C=O) groups excluding carboxylic acids is 1. The van der Waals surface area contributed by atoms with Gasteiger partial charge in [-0.05, 0) is 29.8 Å². The van der Waals surface area contributed by atoms with Gasteiger partial charge in [-0.3, -0.25) is 15.6 Å². The number of benzene rings is 2. The van der Waals surface area contributed by atoms with E-state index in [0.29, 0.717) is 30.0 Å². The molecule has 0 bridgehead atoms. The summed E-state index contributed by atoms with van der Waals surface area (Å²) in [6.07, 6.45) is 5.95. The second kappa shape index (κ2) is 14.8. The molecule has 4 N–H and O–H groups in total. The van der Waals surface area contributed by atoms with Gasteiger partial charge in [0.1, 0.15) is 17.7 Å². The average Bonchev–Trinajstić information content (AvgIpc) is 2.83. The molecule has 0 saturated carbocycles. The maximum atomic E-state index is 12.8. The molecular formula is C24H30Cl3N5O5S. The number of likely N-dealkylation sites (tertiary alicyclic amines) is 1. The van der Waals surface area contributed by atoms with E-state index in [1.54, 1.807) is 42.5 Å².